The van der Waals surface area contributed by atoms with E-state index in [1.807, 2.05) is 36.4 Å². The first-order chi connectivity index (χ1) is 16.7. The SMILES string of the molecule is C=CCCCCCCCCC(=O)NCCc1ccc(NC(=O)CCCCCCCCC=C)cc1. The highest BCUT2D eigenvalue weighted by molar-refractivity contribution is 5.90. The smallest absolute Gasteiger partial charge is 0.224 e. The van der Waals surface area contributed by atoms with E-state index in [-0.39, 0.29) is 11.8 Å². The van der Waals surface area contributed by atoms with E-state index in [1.165, 1.54) is 51.4 Å². The number of carbonyl (C=O) groups is 2. The first kappa shape index (κ1) is 29.7. The normalized spacial score (nSPS) is 10.6. The van der Waals surface area contributed by atoms with Crippen LogP contribution in [0.25, 0.3) is 0 Å². The molecule has 2 amide bonds. The molecule has 190 valence electrons. The number of amides is 2. The summed E-state index contributed by atoms with van der Waals surface area (Å²) in [7, 11) is 0. The van der Waals surface area contributed by atoms with Crippen LogP contribution in [0.4, 0.5) is 5.69 Å². The Kier molecular flexibility index (Phi) is 18.5. The molecule has 0 saturated heterocycles. The van der Waals surface area contributed by atoms with Gasteiger partial charge in [-0.3, -0.25) is 9.59 Å². The van der Waals surface area contributed by atoms with Gasteiger partial charge < -0.3 is 10.6 Å². The molecule has 0 heterocycles. The van der Waals surface area contributed by atoms with E-state index in [9.17, 15) is 9.59 Å². The van der Waals surface area contributed by atoms with Crippen molar-refractivity contribution in [3.8, 4) is 0 Å². The summed E-state index contributed by atoms with van der Waals surface area (Å²) in [5.74, 6) is 0.232. The fraction of sp³-hybridized carbons (Fsp3) is 0.600. The zero-order valence-corrected chi connectivity index (χ0v) is 21.4. The van der Waals surface area contributed by atoms with Crippen molar-refractivity contribution in [1.82, 2.24) is 5.32 Å². The Hall–Kier alpha value is -2.36. The second-order valence-corrected chi connectivity index (χ2v) is 9.24. The molecular weight excluding hydrogens is 420 g/mol. The second kappa shape index (κ2) is 21.2. The number of rotatable bonds is 22. The Morgan fingerprint density at radius 2 is 1.12 bits per heavy atom. The number of carbonyl (C=O) groups excluding carboxylic acids is 2. The highest BCUT2D eigenvalue weighted by Gasteiger charge is 2.04. The molecule has 1 rings (SSSR count). The number of allylic oxidation sites excluding steroid dienone is 2. The Labute approximate surface area is 208 Å². The fourth-order valence-electron chi connectivity index (χ4n) is 3.98. The summed E-state index contributed by atoms with van der Waals surface area (Å²) < 4.78 is 0. The van der Waals surface area contributed by atoms with Crippen LogP contribution in [0.1, 0.15) is 108 Å². The predicted octanol–water partition coefficient (Wildman–Crippen LogP) is 7.90. The van der Waals surface area contributed by atoms with Gasteiger partial charge in [-0.2, -0.15) is 0 Å². The average molecular weight is 469 g/mol. The first-order valence-electron chi connectivity index (χ1n) is 13.5. The topological polar surface area (TPSA) is 58.2 Å². The Balaban J connectivity index is 2.06. The molecule has 1 aromatic carbocycles. The van der Waals surface area contributed by atoms with Crippen LogP contribution in [0.2, 0.25) is 0 Å². The van der Waals surface area contributed by atoms with Crippen LogP contribution < -0.4 is 10.6 Å². The maximum Gasteiger partial charge on any atom is 0.224 e. The minimum Gasteiger partial charge on any atom is -0.356 e. The standard InChI is InChI=1S/C30H48N2O2/c1-3-5-7-9-11-13-15-17-19-29(33)31-26-25-27-21-23-28(24-22-27)32-30(34)20-18-16-14-12-10-8-6-4-2/h3-4,21-24H,1-2,5-20,25-26H2,(H,31,33)(H,32,34). The lowest BCUT2D eigenvalue weighted by atomic mass is 10.1. The lowest BCUT2D eigenvalue weighted by Crippen LogP contribution is -2.25. The molecule has 0 aromatic heterocycles. The van der Waals surface area contributed by atoms with Crippen molar-refractivity contribution in [2.24, 2.45) is 0 Å². The van der Waals surface area contributed by atoms with Gasteiger partial charge in [0.05, 0.1) is 0 Å². The molecule has 0 fully saturated rings. The van der Waals surface area contributed by atoms with Crippen LogP contribution in [0.5, 0.6) is 0 Å². The number of unbranched alkanes of at least 4 members (excludes halogenated alkanes) is 12. The molecule has 0 radical (unpaired) electrons. The molecule has 4 nitrogen and oxygen atoms in total. The highest BCUT2D eigenvalue weighted by Crippen LogP contribution is 2.13. The van der Waals surface area contributed by atoms with Gasteiger partial charge in [-0.25, -0.2) is 0 Å². The summed E-state index contributed by atoms with van der Waals surface area (Å²) in [5, 5.41) is 6.01. The highest BCUT2D eigenvalue weighted by atomic mass is 16.2. The Morgan fingerprint density at radius 1 is 0.647 bits per heavy atom. The maximum atomic E-state index is 12.1. The summed E-state index contributed by atoms with van der Waals surface area (Å²) in [6, 6.07) is 7.95. The van der Waals surface area contributed by atoms with Gasteiger partial charge in [0.2, 0.25) is 11.8 Å². The van der Waals surface area contributed by atoms with Crippen LogP contribution in [0, 0.1) is 0 Å². The molecule has 0 atom stereocenters. The van der Waals surface area contributed by atoms with Crippen molar-refractivity contribution in [2.75, 3.05) is 11.9 Å². The van der Waals surface area contributed by atoms with Gasteiger partial charge in [0, 0.05) is 25.1 Å². The third-order valence-corrected chi connectivity index (χ3v) is 6.10. The maximum absolute atomic E-state index is 12.1. The average Bonchev–Trinajstić information content (AvgIpc) is 2.83. The van der Waals surface area contributed by atoms with Crippen LogP contribution in [0.3, 0.4) is 0 Å². The van der Waals surface area contributed by atoms with Gasteiger partial charge in [0.25, 0.3) is 0 Å². The van der Waals surface area contributed by atoms with Crippen molar-refractivity contribution >= 4 is 17.5 Å². The largest absolute Gasteiger partial charge is 0.356 e. The van der Waals surface area contributed by atoms with Gasteiger partial charge in [0.1, 0.15) is 0 Å². The molecule has 2 N–H and O–H groups in total. The van der Waals surface area contributed by atoms with Crippen molar-refractivity contribution in [1.29, 1.82) is 0 Å². The van der Waals surface area contributed by atoms with Crippen molar-refractivity contribution in [2.45, 2.75) is 109 Å². The number of benzene rings is 1. The molecule has 0 unspecified atom stereocenters. The van der Waals surface area contributed by atoms with Crippen LogP contribution in [-0.4, -0.2) is 18.4 Å². The molecule has 0 saturated carbocycles. The molecule has 4 heteroatoms. The first-order valence-corrected chi connectivity index (χ1v) is 13.5. The van der Waals surface area contributed by atoms with E-state index in [2.05, 4.69) is 23.8 Å². The van der Waals surface area contributed by atoms with E-state index in [0.717, 1.165) is 56.2 Å². The van der Waals surface area contributed by atoms with E-state index in [4.69, 9.17) is 0 Å². The van der Waals surface area contributed by atoms with Crippen LogP contribution >= 0.6 is 0 Å². The van der Waals surface area contributed by atoms with Crippen molar-refractivity contribution in [3.05, 3.63) is 55.1 Å². The van der Waals surface area contributed by atoms with E-state index in [0.29, 0.717) is 19.4 Å². The Morgan fingerprint density at radius 3 is 1.65 bits per heavy atom. The summed E-state index contributed by atoms with van der Waals surface area (Å²) in [4.78, 5) is 24.1. The molecule has 1 aromatic rings. The summed E-state index contributed by atoms with van der Waals surface area (Å²) in [5.41, 5.74) is 2.00. The van der Waals surface area contributed by atoms with E-state index in [1.54, 1.807) is 0 Å². The minimum absolute atomic E-state index is 0.0865. The van der Waals surface area contributed by atoms with Gasteiger partial charge >= 0.3 is 0 Å². The summed E-state index contributed by atoms with van der Waals surface area (Å²) in [6.07, 6.45) is 22.2. The third-order valence-electron chi connectivity index (χ3n) is 6.10. The molecular formula is C30H48N2O2. The van der Waals surface area contributed by atoms with Gasteiger partial charge in [-0.15, -0.1) is 13.2 Å². The number of hydrogen-bond acceptors (Lipinski definition) is 2. The predicted molar refractivity (Wildman–Crippen MR) is 146 cm³/mol. The van der Waals surface area contributed by atoms with Crippen LogP contribution in [0.15, 0.2) is 49.6 Å². The zero-order chi connectivity index (χ0) is 24.7. The minimum atomic E-state index is 0.0865. The molecule has 0 bridgehead atoms. The zero-order valence-electron chi connectivity index (χ0n) is 21.4. The van der Waals surface area contributed by atoms with Gasteiger partial charge in [0.15, 0.2) is 0 Å². The fourth-order valence-corrected chi connectivity index (χ4v) is 3.98. The molecule has 0 aliphatic carbocycles. The third kappa shape index (κ3) is 17.2. The monoisotopic (exact) mass is 468 g/mol. The quantitative estimate of drug-likeness (QED) is 0.134. The lowest BCUT2D eigenvalue weighted by Gasteiger charge is -2.08. The Bertz CT molecular complexity index is 682. The van der Waals surface area contributed by atoms with E-state index < -0.39 is 0 Å². The second-order valence-electron chi connectivity index (χ2n) is 9.24. The van der Waals surface area contributed by atoms with Crippen LogP contribution in [-0.2, 0) is 16.0 Å². The lowest BCUT2D eigenvalue weighted by molar-refractivity contribution is -0.121. The number of hydrogen-bond donors (Lipinski definition) is 2. The van der Waals surface area contributed by atoms with Gasteiger partial charge in [-0.05, 0) is 62.6 Å². The number of anilines is 1. The molecule has 0 aliphatic heterocycles. The van der Waals surface area contributed by atoms with Gasteiger partial charge in [-0.1, -0.05) is 75.7 Å². The molecule has 0 spiro atoms. The number of nitrogens with one attached hydrogen (secondary N) is 2. The summed E-state index contributed by atoms with van der Waals surface area (Å²) >= 11 is 0. The van der Waals surface area contributed by atoms with Crippen molar-refractivity contribution in [3.63, 3.8) is 0 Å². The van der Waals surface area contributed by atoms with Crippen molar-refractivity contribution < 1.29 is 9.59 Å². The molecule has 0 aliphatic rings. The molecule has 34 heavy (non-hydrogen) atoms. The van der Waals surface area contributed by atoms with E-state index >= 15 is 0 Å². The summed E-state index contributed by atoms with van der Waals surface area (Å²) in [6.45, 7) is 8.14.